The molecule has 0 spiro atoms. The Morgan fingerprint density at radius 2 is 1.21 bits per heavy atom. The zero-order valence-electron chi connectivity index (χ0n) is 22.4. The lowest BCUT2D eigenvalue weighted by atomic mass is 10.1. The van der Waals surface area contributed by atoms with Gasteiger partial charge < -0.3 is 5.11 Å². The van der Waals surface area contributed by atoms with Gasteiger partial charge in [-0.25, -0.2) is 15.8 Å². The third-order valence-electron chi connectivity index (χ3n) is 5.45. The molecule has 0 saturated heterocycles. The number of nitrogens with zero attached hydrogens (tertiary/aromatic N) is 4. The van der Waals surface area contributed by atoms with Crippen molar-refractivity contribution in [2.75, 3.05) is 0 Å². The van der Waals surface area contributed by atoms with Crippen LogP contribution < -0.4 is 0 Å². The van der Waals surface area contributed by atoms with E-state index in [2.05, 4.69) is 48.6 Å². The SMILES string of the molecule is O=S(=O)(O)c1cc(SOOO)c2c(O)c(N=Nc3ccc(N=Nc4ccc(SOOO)cc4)cc3S(=O)(=O)O)c(SOOO)cc2c1. The maximum absolute atomic E-state index is 12.2. The third-order valence-corrected chi connectivity index (χ3v) is 9.01. The molecular weight excluding hydrogens is 737 g/mol. The van der Waals surface area contributed by atoms with Gasteiger partial charge in [-0.15, -0.1) is 23.2 Å². The summed E-state index contributed by atoms with van der Waals surface area (Å²) in [5.74, 6) is -0.750. The fraction of sp³-hybridized carbons (Fsp3) is 0. The summed E-state index contributed by atoms with van der Waals surface area (Å²) in [6.07, 6.45) is 0. The van der Waals surface area contributed by atoms with Crippen LogP contribution in [0, 0.1) is 0 Å². The van der Waals surface area contributed by atoms with Crippen molar-refractivity contribution in [2.24, 2.45) is 20.5 Å². The Kier molecular flexibility index (Phi) is 12.5. The van der Waals surface area contributed by atoms with Crippen molar-refractivity contribution in [2.45, 2.75) is 24.5 Å². The predicted octanol–water partition coefficient (Wildman–Crippen LogP) is 7.15. The zero-order chi connectivity index (χ0) is 34.2. The number of hydrogen-bond acceptors (Lipinski definition) is 21. The van der Waals surface area contributed by atoms with Crippen LogP contribution in [0.2, 0.25) is 0 Å². The van der Waals surface area contributed by atoms with Gasteiger partial charge in [-0.3, -0.25) is 9.11 Å². The lowest BCUT2D eigenvalue weighted by Gasteiger charge is -2.13. The van der Waals surface area contributed by atoms with E-state index in [4.69, 9.17) is 15.8 Å². The molecule has 0 radical (unpaired) electrons. The van der Waals surface area contributed by atoms with Crippen LogP contribution >= 0.6 is 36.1 Å². The summed E-state index contributed by atoms with van der Waals surface area (Å²) in [6, 6.07) is 12.4. The molecule has 4 aromatic rings. The number of rotatable bonds is 15. The average Bonchev–Trinajstić information content (AvgIpc) is 3.03. The van der Waals surface area contributed by atoms with E-state index in [0.717, 1.165) is 30.3 Å². The van der Waals surface area contributed by atoms with E-state index < -0.39 is 47.2 Å². The highest BCUT2D eigenvalue weighted by Crippen LogP contribution is 2.48. The molecule has 0 amide bonds. The second-order valence-electron chi connectivity index (χ2n) is 8.27. The van der Waals surface area contributed by atoms with Crippen molar-refractivity contribution in [3.05, 3.63) is 60.7 Å². The van der Waals surface area contributed by atoms with Crippen LogP contribution in [0.3, 0.4) is 0 Å². The van der Waals surface area contributed by atoms with Crippen molar-refractivity contribution in [3.8, 4) is 5.75 Å². The molecule has 0 aliphatic carbocycles. The molecule has 0 unspecified atom stereocenters. The summed E-state index contributed by atoms with van der Waals surface area (Å²) in [4.78, 5) is -1.32. The van der Waals surface area contributed by atoms with Crippen LogP contribution in [0.5, 0.6) is 5.75 Å². The number of azo groups is 2. The first kappa shape index (κ1) is 36.5. The number of benzene rings is 4. The standard InChI is InChI=1S/C22H16N4O16S5/c27-22-20-11(7-15(46(31,32)33)10-17(20)44-41-38-29)8-18(45-42-39-30)21(22)26-25-16-6-3-13(9-19(16)47(34,35)36)24-23-12-1-4-14(5-2-12)43-40-37-28/h1-10,27-30H,(H,31,32,33)(H,34,35,36). The summed E-state index contributed by atoms with van der Waals surface area (Å²) in [7, 11) is -9.75. The fourth-order valence-corrected chi connectivity index (χ4v) is 6.29. The molecule has 0 atom stereocenters. The normalized spacial score (nSPS) is 12.5. The van der Waals surface area contributed by atoms with Gasteiger partial charge in [0.15, 0.2) is 5.75 Å². The molecule has 0 bridgehead atoms. The van der Waals surface area contributed by atoms with Gasteiger partial charge in [0.1, 0.15) is 16.3 Å². The molecule has 0 fully saturated rings. The molecule has 20 nitrogen and oxygen atoms in total. The Morgan fingerprint density at radius 3 is 1.83 bits per heavy atom. The number of hydrogen-bond donors (Lipinski definition) is 6. The number of phenols is 1. The second-order valence-corrected chi connectivity index (χ2v) is 13.3. The van der Waals surface area contributed by atoms with Crippen LogP contribution in [-0.2, 0) is 48.4 Å². The molecule has 0 aliphatic rings. The van der Waals surface area contributed by atoms with E-state index in [-0.39, 0.29) is 50.3 Å². The number of phenolic OH excluding ortho intramolecular Hbond substituents is 1. The van der Waals surface area contributed by atoms with Crippen LogP contribution in [0.1, 0.15) is 0 Å². The largest absolute Gasteiger partial charge is 0.505 e. The number of aromatic hydroxyl groups is 1. The van der Waals surface area contributed by atoms with Crippen molar-refractivity contribution in [3.63, 3.8) is 0 Å². The van der Waals surface area contributed by atoms with Crippen LogP contribution in [-0.4, -0.2) is 46.8 Å². The van der Waals surface area contributed by atoms with Gasteiger partial charge in [-0.1, -0.05) is 15.1 Å². The maximum Gasteiger partial charge on any atom is 0.296 e. The van der Waals surface area contributed by atoms with Crippen LogP contribution in [0.25, 0.3) is 10.8 Å². The lowest BCUT2D eigenvalue weighted by Crippen LogP contribution is -1.99. The van der Waals surface area contributed by atoms with Crippen molar-refractivity contribution in [1.29, 1.82) is 0 Å². The second kappa shape index (κ2) is 16.2. The van der Waals surface area contributed by atoms with Gasteiger partial charge in [-0.05, 0) is 66.0 Å². The van der Waals surface area contributed by atoms with Gasteiger partial charge in [0, 0.05) is 10.3 Å². The highest BCUT2D eigenvalue weighted by molar-refractivity contribution is 7.95. The Labute approximate surface area is 275 Å². The molecule has 250 valence electrons. The summed E-state index contributed by atoms with van der Waals surface area (Å²) in [5, 5.41) is 62.6. The first-order valence-electron chi connectivity index (χ1n) is 11.7. The highest BCUT2D eigenvalue weighted by Gasteiger charge is 2.23. The molecule has 0 aromatic heterocycles. The third kappa shape index (κ3) is 9.61. The topological polar surface area (TPSA) is 294 Å². The fourth-order valence-electron chi connectivity index (χ4n) is 3.60. The highest BCUT2D eigenvalue weighted by atomic mass is 32.2. The van der Waals surface area contributed by atoms with Gasteiger partial charge >= 0.3 is 0 Å². The van der Waals surface area contributed by atoms with Gasteiger partial charge in [-0.2, -0.15) is 27.1 Å². The van der Waals surface area contributed by atoms with E-state index in [1.54, 1.807) is 12.1 Å². The summed E-state index contributed by atoms with van der Waals surface area (Å²) in [5.41, 5.74) is -0.608. The minimum atomic E-state index is -4.95. The van der Waals surface area contributed by atoms with Crippen LogP contribution in [0.4, 0.5) is 22.7 Å². The zero-order valence-corrected chi connectivity index (χ0v) is 26.5. The smallest absolute Gasteiger partial charge is 0.296 e. The first-order valence-corrected chi connectivity index (χ1v) is 16.8. The maximum atomic E-state index is 12.2. The van der Waals surface area contributed by atoms with Gasteiger partial charge in [0.05, 0.1) is 62.2 Å². The minimum absolute atomic E-state index is 0.0345. The van der Waals surface area contributed by atoms with Crippen LogP contribution in [0.15, 0.2) is 106 Å². The molecule has 47 heavy (non-hydrogen) atoms. The Hall–Kier alpha value is -3.35. The molecule has 0 aliphatic heterocycles. The average molecular weight is 753 g/mol. The lowest BCUT2D eigenvalue weighted by molar-refractivity contribution is -0.432. The first-order chi connectivity index (χ1) is 22.3. The van der Waals surface area contributed by atoms with Crippen molar-refractivity contribution in [1.82, 2.24) is 0 Å². The van der Waals surface area contributed by atoms with Gasteiger partial charge in [0.25, 0.3) is 20.2 Å². The molecule has 6 N–H and O–H groups in total. The van der Waals surface area contributed by atoms with Gasteiger partial charge in [0.2, 0.25) is 0 Å². The van der Waals surface area contributed by atoms with Crippen molar-refractivity contribution < 1.29 is 74.9 Å². The van der Waals surface area contributed by atoms with E-state index in [0.29, 0.717) is 22.6 Å². The predicted molar refractivity (Wildman–Crippen MR) is 158 cm³/mol. The summed E-state index contributed by atoms with van der Waals surface area (Å²) in [6.45, 7) is 0. The van der Waals surface area contributed by atoms with E-state index >= 15 is 0 Å². The Morgan fingerprint density at radius 1 is 0.617 bits per heavy atom. The molecule has 0 saturated carbocycles. The Bertz CT molecular complexity index is 2030. The van der Waals surface area contributed by atoms with E-state index in [1.165, 1.54) is 18.2 Å². The molecule has 25 heteroatoms. The molecular formula is C22H16N4O16S5. The number of fused-ring (bicyclic) bond motifs is 1. The van der Waals surface area contributed by atoms with E-state index in [9.17, 15) is 31.0 Å². The molecule has 4 rings (SSSR count). The molecule has 4 aromatic carbocycles. The van der Waals surface area contributed by atoms with E-state index in [1.807, 2.05) is 0 Å². The quantitative estimate of drug-likeness (QED) is 0.0231. The monoisotopic (exact) mass is 752 g/mol. The summed E-state index contributed by atoms with van der Waals surface area (Å²) >= 11 is 1.18. The Balaban J connectivity index is 1.78. The minimum Gasteiger partial charge on any atom is -0.505 e. The van der Waals surface area contributed by atoms with Crippen molar-refractivity contribution >= 4 is 89.9 Å². The molecule has 0 heterocycles. The summed E-state index contributed by atoms with van der Waals surface area (Å²) < 4.78 is 80.6.